The van der Waals surface area contributed by atoms with Crippen molar-refractivity contribution in [3.8, 4) is 0 Å². The molecule has 2 atom stereocenters. The third-order valence-corrected chi connectivity index (χ3v) is 4.56. The second-order valence-corrected chi connectivity index (χ2v) is 5.77. The van der Waals surface area contributed by atoms with Crippen LogP contribution in [0.2, 0.25) is 0 Å². The lowest BCUT2D eigenvalue weighted by molar-refractivity contribution is 0.318. The fraction of sp³-hybridized carbons (Fsp3) is 0.538. The molecular formula is C13H17BrN2. The maximum atomic E-state index is 3.68. The molecule has 86 valence electrons. The number of piperidine rings is 1. The average Bonchev–Trinajstić information content (AvgIpc) is 2.29. The van der Waals surface area contributed by atoms with Crippen molar-refractivity contribution >= 4 is 21.6 Å². The topological polar surface area (TPSA) is 15.3 Å². The first-order chi connectivity index (χ1) is 7.77. The summed E-state index contributed by atoms with van der Waals surface area (Å²) in [6.45, 7) is 3.51. The van der Waals surface area contributed by atoms with E-state index in [0.29, 0.717) is 0 Å². The number of benzene rings is 1. The molecule has 0 aliphatic carbocycles. The molecule has 0 radical (unpaired) electrons. The highest BCUT2D eigenvalue weighted by Crippen LogP contribution is 2.44. The van der Waals surface area contributed by atoms with Crippen molar-refractivity contribution in [3.63, 3.8) is 0 Å². The molecule has 3 rings (SSSR count). The van der Waals surface area contributed by atoms with Crippen molar-refractivity contribution in [2.75, 3.05) is 31.6 Å². The molecule has 1 N–H and O–H groups in total. The quantitative estimate of drug-likeness (QED) is 0.786. The molecule has 1 aromatic carbocycles. The number of anilines is 1. The van der Waals surface area contributed by atoms with E-state index in [1.54, 1.807) is 0 Å². The normalized spacial score (nSPS) is 28.5. The van der Waals surface area contributed by atoms with Crippen molar-refractivity contribution in [1.29, 1.82) is 0 Å². The van der Waals surface area contributed by atoms with E-state index in [2.05, 4.69) is 51.4 Å². The van der Waals surface area contributed by atoms with Gasteiger partial charge in [0.15, 0.2) is 0 Å². The van der Waals surface area contributed by atoms with E-state index in [4.69, 9.17) is 0 Å². The zero-order valence-electron chi connectivity index (χ0n) is 9.54. The third-order valence-electron chi connectivity index (χ3n) is 3.92. The van der Waals surface area contributed by atoms with Gasteiger partial charge in [-0.2, -0.15) is 0 Å². The van der Waals surface area contributed by atoms with Crippen LogP contribution in [0.5, 0.6) is 0 Å². The van der Waals surface area contributed by atoms with Crippen molar-refractivity contribution in [1.82, 2.24) is 5.32 Å². The molecular weight excluding hydrogens is 264 g/mol. The van der Waals surface area contributed by atoms with Gasteiger partial charge in [-0.05, 0) is 52.4 Å². The zero-order chi connectivity index (χ0) is 11.1. The Bertz CT molecular complexity index is 405. The average molecular weight is 281 g/mol. The standard InChI is InChI=1S/C13H17BrN2/c1-16-8-9-7-15-6-5-10(9)11-3-2-4-12(14)13(11)16/h2-4,9-10,15H,5-8H2,1H3. The molecule has 0 spiro atoms. The Labute approximate surface area is 105 Å². The van der Waals surface area contributed by atoms with E-state index in [1.807, 2.05) is 0 Å². The molecule has 2 nitrogen and oxygen atoms in total. The van der Waals surface area contributed by atoms with Gasteiger partial charge >= 0.3 is 0 Å². The van der Waals surface area contributed by atoms with Crippen molar-refractivity contribution in [2.45, 2.75) is 12.3 Å². The smallest absolute Gasteiger partial charge is 0.0543 e. The highest BCUT2D eigenvalue weighted by molar-refractivity contribution is 9.10. The third kappa shape index (κ3) is 1.57. The summed E-state index contributed by atoms with van der Waals surface area (Å²) in [6, 6.07) is 6.62. The molecule has 2 aliphatic rings. The summed E-state index contributed by atoms with van der Waals surface area (Å²) in [6.07, 6.45) is 1.28. The molecule has 2 heterocycles. The highest BCUT2D eigenvalue weighted by atomic mass is 79.9. The zero-order valence-corrected chi connectivity index (χ0v) is 11.1. The number of para-hydroxylation sites is 1. The summed E-state index contributed by atoms with van der Waals surface area (Å²) in [7, 11) is 2.20. The molecule has 1 fully saturated rings. The summed E-state index contributed by atoms with van der Waals surface area (Å²) in [5.41, 5.74) is 2.94. The van der Waals surface area contributed by atoms with Gasteiger partial charge in [0.25, 0.3) is 0 Å². The van der Waals surface area contributed by atoms with Gasteiger partial charge in [0.1, 0.15) is 0 Å². The van der Waals surface area contributed by atoms with Crippen LogP contribution in [-0.4, -0.2) is 26.7 Å². The second kappa shape index (κ2) is 4.04. The van der Waals surface area contributed by atoms with Gasteiger partial charge in [-0.15, -0.1) is 0 Å². The molecule has 0 aromatic heterocycles. The van der Waals surface area contributed by atoms with E-state index in [1.165, 1.54) is 35.2 Å². The molecule has 1 aromatic rings. The number of nitrogens with zero attached hydrogens (tertiary/aromatic N) is 1. The predicted octanol–water partition coefficient (Wildman–Crippen LogP) is 2.59. The van der Waals surface area contributed by atoms with Crippen LogP contribution < -0.4 is 10.2 Å². The monoisotopic (exact) mass is 280 g/mol. The van der Waals surface area contributed by atoms with Crippen LogP contribution in [-0.2, 0) is 0 Å². The highest BCUT2D eigenvalue weighted by Gasteiger charge is 2.34. The Hall–Kier alpha value is -0.540. The summed E-state index contributed by atoms with van der Waals surface area (Å²) >= 11 is 3.68. The fourth-order valence-corrected chi connectivity index (χ4v) is 3.89. The minimum atomic E-state index is 0.755. The van der Waals surface area contributed by atoms with Gasteiger partial charge in [0.05, 0.1) is 5.69 Å². The molecule has 2 aliphatic heterocycles. The summed E-state index contributed by atoms with van der Waals surface area (Å²) < 4.78 is 1.24. The van der Waals surface area contributed by atoms with Gasteiger partial charge in [-0.3, -0.25) is 0 Å². The molecule has 16 heavy (non-hydrogen) atoms. The van der Waals surface area contributed by atoms with Crippen molar-refractivity contribution in [2.24, 2.45) is 5.92 Å². The molecule has 3 heteroatoms. The van der Waals surface area contributed by atoms with Crippen LogP contribution in [0.25, 0.3) is 0 Å². The number of rotatable bonds is 0. The minimum Gasteiger partial charge on any atom is -0.373 e. The maximum absolute atomic E-state index is 3.68. The van der Waals surface area contributed by atoms with E-state index in [-0.39, 0.29) is 0 Å². The Balaban J connectivity index is 2.08. The maximum Gasteiger partial charge on any atom is 0.0543 e. The second-order valence-electron chi connectivity index (χ2n) is 4.92. The predicted molar refractivity (Wildman–Crippen MR) is 71.1 cm³/mol. The Morgan fingerprint density at radius 2 is 2.31 bits per heavy atom. The van der Waals surface area contributed by atoms with Crippen molar-refractivity contribution < 1.29 is 0 Å². The van der Waals surface area contributed by atoms with Gasteiger partial charge < -0.3 is 10.2 Å². The number of halogens is 1. The van der Waals surface area contributed by atoms with Crippen LogP contribution in [0, 0.1) is 5.92 Å². The molecule has 0 saturated carbocycles. The summed E-state index contributed by atoms with van der Waals surface area (Å²) in [5.74, 6) is 1.53. The molecule has 1 saturated heterocycles. The van der Waals surface area contributed by atoms with E-state index in [0.717, 1.165) is 18.4 Å². The lowest BCUT2D eigenvalue weighted by Gasteiger charge is -2.42. The lowest BCUT2D eigenvalue weighted by atomic mass is 9.77. The SMILES string of the molecule is CN1CC2CNCCC2c2cccc(Br)c21. The Kier molecular flexibility index (Phi) is 2.68. The molecule has 0 bridgehead atoms. The number of hydrogen-bond acceptors (Lipinski definition) is 2. The summed E-state index contributed by atoms with van der Waals surface area (Å²) in [4.78, 5) is 2.40. The van der Waals surface area contributed by atoms with E-state index in [9.17, 15) is 0 Å². The van der Waals surface area contributed by atoms with Gasteiger partial charge in [0, 0.05) is 24.6 Å². The van der Waals surface area contributed by atoms with Crippen LogP contribution in [0.4, 0.5) is 5.69 Å². The number of nitrogens with one attached hydrogen (secondary N) is 1. The van der Waals surface area contributed by atoms with Gasteiger partial charge in [0.2, 0.25) is 0 Å². The van der Waals surface area contributed by atoms with Gasteiger partial charge in [-0.25, -0.2) is 0 Å². The summed E-state index contributed by atoms with van der Waals surface area (Å²) in [5, 5.41) is 3.51. The Morgan fingerprint density at radius 1 is 1.44 bits per heavy atom. The molecule has 0 amide bonds. The lowest BCUT2D eigenvalue weighted by Crippen LogP contribution is -2.45. The molecule has 2 unspecified atom stereocenters. The largest absolute Gasteiger partial charge is 0.373 e. The van der Waals surface area contributed by atoms with E-state index < -0.39 is 0 Å². The first kappa shape index (κ1) is 10.6. The van der Waals surface area contributed by atoms with Gasteiger partial charge in [-0.1, -0.05) is 12.1 Å². The fourth-order valence-electron chi connectivity index (χ4n) is 3.20. The first-order valence-corrected chi connectivity index (χ1v) is 6.77. The number of hydrogen-bond donors (Lipinski definition) is 1. The van der Waals surface area contributed by atoms with Crippen LogP contribution >= 0.6 is 15.9 Å². The minimum absolute atomic E-state index is 0.755. The van der Waals surface area contributed by atoms with Crippen molar-refractivity contribution in [3.05, 3.63) is 28.2 Å². The van der Waals surface area contributed by atoms with E-state index >= 15 is 0 Å². The van der Waals surface area contributed by atoms with Crippen LogP contribution in [0.15, 0.2) is 22.7 Å². The number of fused-ring (bicyclic) bond motifs is 3. The van der Waals surface area contributed by atoms with Crippen LogP contribution in [0.1, 0.15) is 17.9 Å². The Morgan fingerprint density at radius 3 is 3.19 bits per heavy atom. The van der Waals surface area contributed by atoms with Crippen LogP contribution in [0.3, 0.4) is 0 Å². The first-order valence-electron chi connectivity index (χ1n) is 5.97.